The molecule has 6 nitrogen and oxygen atoms in total. The number of carbonyl (C=O) groups is 2. The summed E-state index contributed by atoms with van der Waals surface area (Å²) in [5.74, 6) is -1.35. The van der Waals surface area contributed by atoms with Crippen LogP contribution in [0.1, 0.15) is 17.5 Å². The van der Waals surface area contributed by atoms with Gasteiger partial charge in [0.15, 0.2) is 0 Å². The molecule has 0 spiro atoms. The number of anilines is 1. The van der Waals surface area contributed by atoms with Gasteiger partial charge in [-0.3, -0.25) is 13.8 Å². The van der Waals surface area contributed by atoms with Gasteiger partial charge in [-0.05, 0) is 49.6 Å². The minimum Gasteiger partial charge on any atom is -0.497 e. The van der Waals surface area contributed by atoms with Crippen LogP contribution in [0, 0.1) is 6.92 Å². The lowest BCUT2D eigenvalue weighted by atomic mass is 10.1. The van der Waals surface area contributed by atoms with Crippen molar-refractivity contribution in [3.05, 3.63) is 59.7 Å². The Morgan fingerprint density at radius 3 is 2.30 bits per heavy atom. The molecule has 2 unspecified atom stereocenters. The van der Waals surface area contributed by atoms with Gasteiger partial charge in [0.25, 0.3) is 0 Å². The van der Waals surface area contributed by atoms with Gasteiger partial charge in [0.05, 0.1) is 7.11 Å². The molecule has 0 bridgehead atoms. The molecule has 2 N–H and O–H groups in total. The lowest BCUT2D eigenvalue weighted by molar-refractivity contribution is -0.136. The topological polar surface area (TPSA) is 92.7 Å². The molecule has 0 saturated carbocycles. The van der Waals surface area contributed by atoms with Crippen LogP contribution in [0.2, 0.25) is 0 Å². The van der Waals surface area contributed by atoms with Crippen LogP contribution in [0.3, 0.4) is 0 Å². The van der Waals surface area contributed by atoms with Gasteiger partial charge in [-0.15, -0.1) is 0 Å². The minimum absolute atomic E-state index is 0.209. The van der Waals surface area contributed by atoms with Crippen molar-refractivity contribution in [1.29, 1.82) is 0 Å². The molecule has 0 fully saturated rings. The van der Waals surface area contributed by atoms with Crippen LogP contribution in [-0.2, 0) is 26.8 Å². The summed E-state index contributed by atoms with van der Waals surface area (Å²) in [6, 6.07) is 14.4. The van der Waals surface area contributed by atoms with Crippen LogP contribution in [0.4, 0.5) is 5.69 Å². The molecule has 0 aliphatic heterocycles. The normalized spacial score (nSPS) is 12.8. The van der Waals surface area contributed by atoms with E-state index in [2.05, 4.69) is 5.32 Å². The van der Waals surface area contributed by atoms with Gasteiger partial charge >= 0.3 is 5.97 Å². The van der Waals surface area contributed by atoms with Gasteiger partial charge in [-0.25, -0.2) is 0 Å². The fourth-order valence-electron chi connectivity index (χ4n) is 2.52. The van der Waals surface area contributed by atoms with Gasteiger partial charge < -0.3 is 15.2 Å². The summed E-state index contributed by atoms with van der Waals surface area (Å²) in [4.78, 5) is 23.6. The second kappa shape index (κ2) is 9.87. The summed E-state index contributed by atoms with van der Waals surface area (Å²) in [5, 5.41) is 10.9. The third-order valence-electron chi connectivity index (χ3n) is 4.06. The molecular weight excluding hydrogens is 366 g/mol. The van der Waals surface area contributed by atoms with Gasteiger partial charge in [0.2, 0.25) is 5.91 Å². The molecule has 7 heteroatoms. The number of carbonyl (C=O) groups excluding carboxylic acids is 1. The van der Waals surface area contributed by atoms with Crippen molar-refractivity contribution in [3.8, 4) is 5.75 Å². The predicted molar refractivity (Wildman–Crippen MR) is 106 cm³/mol. The van der Waals surface area contributed by atoms with Crippen LogP contribution >= 0.6 is 0 Å². The number of ether oxygens (including phenoxy) is 1. The number of carboxylic acid groups (broad SMARTS) is 1. The Morgan fingerprint density at radius 1 is 1.11 bits per heavy atom. The molecular formula is C20H23NO5S. The highest BCUT2D eigenvalue weighted by molar-refractivity contribution is 7.87. The zero-order valence-electron chi connectivity index (χ0n) is 15.3. The lowest BCUT2D eigenvalue weighted by Gasteiger charge is -2.13. The molecule has 2 rings (SSSR count). The van der Waals surface area contributed by atoms with E-state index in [1.54, 1.807) is 31.4 Å². The molecule has 2 atom stereocenters. The van der Waals surface area contributed by atoms with Crippen LogP contribution in [0.15, 0.2) is 48.5 Å². The van der Waals surface area contributed by atoms with Crippen molar-refractivity contribution in [1.82, 2.24) is 0 Å². The molecule has 2 aromatic rings. The Hall–Kier alpha value is -2.67. The number of aryl methyl sites for hydroxylation is 2. The van der Waals surface area contributed by atoms with E-state index in [0.29, 0.717) is 17.9 Å². The highest BCUT2D eigenvalue weighted by Crippen LogP contribution is 2.16. The third-order valence-corrected chi connectivity index (χ3v) is 5.67. The first-order valence-electron chi connectivity index (χ1n) is 8.48. The van der Waals surface area contributed by atoms with Crippen molar-refractivity contribution in [3.63, 3.8) is 0 Å². The Morgan fingerprint density at radius 2 is 1.74 bits per heavy atom. The Kier molecular flexibility index (Phi) is 7.55. The highest BCUT2D eigenvalue weighted by Gasteiger charge is 2.26. The molecule has 0 aromatic heterocycles. The second-order valence-electron chi connectivity index (χ2n) is 6.15. The molecule has 27 heavy (non-hydrogen) atoms. The zero-order chi connectivity index (χ0) is 19.8. The van der Waals surface area contributed by atoms with E-state index in [9.17, 15) is 18.9 Å². The van der Waals surface area contributed by atoms with Crippen molar-refractivity contribution in [2.24, 2.45) is 0 Å². The number of rotatable bonds is 9. The average Bonchev–Trinajstić information content (AvgIpc) is 2.63. The Labute approximate surface area is 161 Å². The maximum Gasteiger partial charge on any atom is 0.319 e. The van der Waals surface area contributed by atoms with Crippen LogP contribution < -0.4 is 10.1 Å². The second-order valence-corrected chi connectivity index (χ2v) is 7.77. The van der Waals surface area contributed by atoms with Crippen molar-refractivity contribution in [2.75, 3.05) is 18.2 Å². The molecule has 0 saturated heterocycles. The van der Waals surface area contributed by atoms with E-state index in [-0.39, 0.29) is 12.2 Å². The molecule has 0 aliphatic carbocycles. The minimum atomic E-state index is -1.81. The maximum absolute atomic E-state index is 12.4. The number of methoxy groups -OCH3 is 1. The van der Waals surface area contributed by atoms with Crippen LogP contribution in [0.25, 0.3) is 0 Å². The fourth-order valence-corrected chi connectivity index (χ4v) is 3.66. The van der Waals surface area contributed by atoms with Gasteiger partial charge in [-0.1, -0.05) is 29.8 Å². The number of aliphatic carboxylic acids is 1. The SMILES string of the molecule is COc1ccc(NC(=O)CS(=O)C(CCc2ccc(C)cc2)C(=O)O)cc1. The van der Waals surface area contributed by atoms with E-state index in [0.717, 1.165) is 11.1 Å². The predicted octanol–water partition coefficient (Wildman–Crippen LogP) is 2.78. The molecule has 0 heterocycles. The highest BCUT2D eigenvalue weighted by atomic mass is 32.2. The fraction of sp³-hybridized carbons (Fsp3) is 0.300. The first-order valence-corrected chi connectivity index (χ1v) is 9.86. The van der Waals surface area contributed by atoms with Crippen LogP contribution in [-0.4, -0.2) is 39.3 Å². The Bertz CT molecular complexity index is 802. The van der Waals surface area contributed by atoms with Gasteiger partial charge in [-0.2, -0.15) is 0 Å². The van der Waals surface area contributed by atoms with E-state index in [1.807, 2.05) is 31.2 Å². The maximum atomic E-state index is 12.4. The summed E-state index contributed by atoms with van der Waals surface area (Å²) in [6.45, 7) is 1.97. The summed E-state index contributed by atoms with van der Waals surface area (Å²) >= 11 is 0. The summed E-state index contributed by atoms with van der Waals surface area (Å²) in [5.41, 5.74) is 2.63. The first-order chi connectivity index (χ1) is 12.9. The lowest BCUT2D eigenvalue weighted by Crippen LogP contribution is -2.32. The number of benzene rings is 2. The van der Waals surface area contributed by atoms with Crippen molar-refractivity contribution in [2.45, 2.75) is 25.0 Å². The van der Waals surface area contributed by atoms with E-state index < -0.39 is 27.9 Å². The molecule has 144 valence electrons. The summed E-state index contributed by atoms with van der Waals surface area (Å²) in [7, 11) is -0.271. The summed E-state index contributed by atoms with van der Waals surface area (Å²) in [6.07, 6.45) is 0.698. The first kappa shape index (κ1) is 20.6. The number of carboxylic acids is 1. The molecule has 0 radical (unpaired) electrons. The van der Waals surface area contributed by atoms with E-state index in [1.165, 1.54) is 0 Å². The monoisotopic (exact) mass is 389 g/mol. The standard InChI is InChI=1S/C20H23NO5S/c1-14-3-5-15(6-4-14)7-12-18(20(23)24)27(25)13-19(22)21-16-8-10-17(26-2)11-9-16/h3-6,8-11,18H,7,12-13H2,1-2H3,(H,21,22)(H,23,24). The van der Waals surface area contributed by atoms with Gasteiger partial charge in [0, 0.05) is 16.5 Å². The number of amides is 1. The van der Waals surface area contributed by atoms with E-state index in [4.69, 9.17) is 4.74 Å². The molecule has 1 amide bonds. The number of hydrogen-bond donors (Lipinski definition) is 2. The summed E-state index contributed by atoms with van der Waals surface area (Å²) < 4.78 is 17.5. The van der Waals surface area contributed by atoms with Crippen LogP contribution in [0.5, 0.6) is 5.75 Å². The van der Waals surface area contributed by atoms with Crippen molar-refractivity contribution >= 4 is 28.4 Å². The third kappa shape index (κ3) is 6.53. The number of hydrogen-bond acceptors (Lipinski definition) is 4. The largest absolute Gasteiger partial charge is 0.497 e. The Balaban J connectivity index is 1.91. The molecule has 0 aliphatic rings. The van der Waals surface area contributed by atoms with Crippen molar-refractivity contribution < 1.29 is 23.6 Å². The smallest absolute Gasteiger partial charge is 0.319 e. The van der Waals surface area contributed by atoms with E-state index >= 15 is 0 Å². The number of nitrogens with one attached hydrogen (secondary N) is 1. The van der Waals surface area contributed by atoms with Gasteiger partial charge in [0.1, 0.15) is 16.8 Å². The zero-order valence-corrected chi connectivity index (χ0v) is 16.1. The average molecular weight is 389 g/mol. The molecule has 2 aromatic carbocycles. The quantitative estimate of drug-likeness (QED) is 0.688.